The van der Waals surface area contributed by atoms with Gasteiger partial charge in [-0.15, -0.1) is 21.8 Å². The SMILES string of the molecule is C=S(c1cc(Cl)c(-c2cc3cnc(Nc4ccc(N5CCNCC5)c(F)c4)nc3n(C3CCN(S(C)(=O)=O)CC3)c2=O)c(Cl)c1)c1cncs1. The van der Waals surface area contributed by atoms with E-state index in [1.54, 1.807) is 52.8 Å². The molecule has 11 nitrogen and oxygen atoms in total. The summed E-state index contributed by atoms with van der Waals surface area (Å²) in [5.74, 6) is 4.09. The molecule has 2 N–H and O–H groups in total. The summed E-state index contributed by atoms with van der Waals surface area (Å²) in [6.45, 7) is 3.49. The highest BCUT2D eigenvalue weighted by Gasteiger charge is 2.29. The van der Waals surface area contributed by atoms with Crippen LogP contribution in [0.1, 0.15) is 18.9 Å². The van der Waals surface area contributed by atoms with E-state index in [0.717, 1.165) is 22.2 Å². The molecule has 0 radical (unpaired) electrons. The maximum absolute atomic E-state index is 15.2. The predicted molar refractivity (Wildman–Crippen MR) is 202 cm³/mol. The van der Waals surface area contributed by atoms with Crippen LogP contribution in [0.4, 0.5) is 21.7 Å². The van der Waals surface area contributed by atoms with E-state index in [9.17, 15) is 13.2 Å². The molecule has 5 aromatic rings. The number of hydrogen-bond acceptors (Lipinski definition) is 10. The van der Waals surface area contributed by atoms with E-state index in [0.29, 0.717) is 63.9 Å². The lowest BCUT2D eigenvalue weighted by Gasteiger charge is -2.32. The van der Waals surface area contributed by atoms with Crippen LogP contribution in [0.3, 0.4) is 0 Å². The van der Waals surface area contributed by atoms with Crippen molar-refractivity contribution >= 4 is 89.3 Å². The van der Waals surface area contributed by atoms with Gasteiger partial charge in [0.05, 0.1) is 43.5 Å². The first kappa shape index (κ1) is 35.0. The molecule has 50 heavy (non-hydrogen) atoms. The maximum Gasteiger partial charge on any atom is 0.260 e. The smallest absolute Gasteiger partial charge is 0.260 e. The van der Waals surface area contributed by atoms with Crippen molar-refractivity contribution in [3.63, 3.8) is 0 Å². The Bertz CT molecular complexity index is 2250. The Balaban J connectivity index is 1.29. The van der Waals surface area contributed by atoms with Crippen molar-refractivity contribution in [1.29, 1.82) is 0 Å². The van der Waals surface area contributed by atoms with Gasteiger partial charge in [-0.1, -0.05) is 29.1 Å². The van der Waals surface area contributed by atoms with E-state index in [4.69, 9.17) is 28.2 Å². The Morgan fingerprint density at radius 1 is 1.06 bits per heavy atom. The molecule has 17 heteroatoms. The fourth-order valence-electron chi connectivity index (χ4n) is 6.40. The van der Waals surface area contributed by atoms with Gasteiger partial charge in [-0.25, -0.2) is 22.1 Å². The number of rotatable bonds is 8. The van der Waals surface area contributed by atoms with Crippen molar-refractivity contribution in [2.24, 2.45) is 0 Å². The molecule has 0 aliphatic carbocycles. The summed E-state index contributed by atoms with van der Waals surface area (Å²) in [6, 6.07) is 9.74. The average molecular weight is 776 g/mol. The van der Waals surface area contributed by atoms with Gasteiger partial charge >= 0.3 is 0 Å². The predicted octanol–water partition coefficient (Wildman–Crippen LogP) is 6.23. The van der Waals surface area contributed by atoms with Crippen LogP contribution in [-0.4, -0.2) is 83.6 Å². The summed E-state index contributed by atoms with van der Waals surface area (Å²) in [5, 5.41) is 7.49. The molecule has 1 unspecified atom stereocenters. The Labute approximate surface area is 305 Å². The summed E-state index contributed by atoms with van der Waals surface area (Å²) >= 11 is 15.2. The van der Waals surface area contributed by atoms with Crippen molar-refractivity contribution in [2.75, 3.05) is 55.7 Å². The lowest BCUT2D eigenvalue weighted by molar-refractivity contribution is 0.275. The van der Waals surface area contributed by atoms with Gasteiger partial charge in [0.15, 0.2) is 0 Å². The molecule has 262 valence electrons. The van der Waals surface area contributed by atoms with Crippen molar-refractivity contribution < 1.29 is 12.8 Å². The van der Waals surface area contributed by atoms with Gasteiger partial charge < -0.3 is 15.5 Å². The van der Waals surface area contributed by atoms with E-state index < -0.39 is 20.5 Å². The van der Waals surface area contributed by atoms with Crippen LogP contribution >= 0.6 is 45.0 Å². The number of thiazole rings is 1. The number of nitrogens with zero attached hydrogens (tertiary/aromatic N) is 6. The second-order valence-corrected chi connectivity index (χ2v) is 17.7. The van der Waals surface area contributed by atoms with E-state index in [2.05, 4.69) is 26.5 Å². The largest absolute Gasteiger partial charge is 0.367 e. The average Bonchev–Trinajstić information content (AvgIpc) is 3.63. The van der Waals surface area contributed by atoms with Crippen LogP contribution in [0.15, 0.2) is 68.2 Å². The first-order chi connectivity index (χ1) is 24.0. The van der Waals surface area contributed by atoms with Gasteiger partial charge in [-0.2, -0.15) is 4.98 Å². The van der Waals surface area contributed by atoms with Crippen molar-refractivity contribution in [3.05, 3.63) is 80.5 Å². The first-order valence-corrected chi connectivity index (χ1v) is 20.7. The summed E-state index contributed by atoms with van der Waals surface area (Å²) in [7, 11) is -3.98. The third-order valence-electron chi connectivity index (χ3n) is 8.91. The number of fused-ring (bicyclic) bond motifs is 1. The summed E-state index contributed by atoms with van der Waals surface area (Å²) in [6.07, 6.45) is 5.30. The van der Waals surface area contributed by atoms with Crippen LogP contribution in [-0.2, 0) is 10.0 Å². The molecule has 2 fully saturated rings. The van der Waals surface area contributed by atoms with Gasteiger partial charge in [0.25, 0.3) is 5.56 Å². The number of pyridine rings is 1. The van der Waals surface area contributed by atoms with Crippen LogP contribution in [0, 0.1) is 5.82 Å². The molecule has 2 aromatic carbocycles. The minimum absolute atomic E-state index is 0.173. The zero-order valence-corrected chi connectivity index (χ0v) is 30.9. The minimum atomic E-state index is -3.40. The minimum Gasteiger partial charge on any atom is -0.367 e. The maximum atomic E-state index is 15.2. The first-order valence-electron chi connectivity index (χ1n) is 15.8. The van der Waals surface area contributed by atoms with Crippen LogP contribution in [0.25, 0.3) is 22.2 Å². The number of piperidine rings is 1. The highest BCUT2D eigenvalue weighted by Crippen LogP contribution is 2.43. The number of aromatic nitrogens is 4. The molecule has 0 saturated carbocycles. The third kappa shape index (κ3) is 7.04. The molecular weight excluding hydrogens is 743 g/mol. The molecule has 2 saturated heterocycles. The number of halogens is 3. The van der Waals surface area contributed by atoms with Gasteiger partial charge in [-0.05, 0) is 49.2 Å². The number of piperazine rings is 1. The van der Waals surface area contributed by atoms with E-state index in [-0.39, 0.29) is 42.0 Å². The number of nitrogens with one attached hydrogen (secondary N) is 2. The van der Waals surface area contributed by atoms with Crippen molar-refractivity contribution in [1.82, 2.24) is 29.1 Å². The molecular formula is C33H33Cl2FN8O3S3. The fraction of sp³-hybridized carbons (Fsp3) is 0.303. The van der Waals surface area contributed by atoms with Crippen LogP contribution < -0.4 is 21.1 Å². The number of hydrogen-bond donors (Lipinski definition) is 2. The molecule has 5 heterocycles. The molecule has 2 aliphatic heterocycles. The molecule has 0 amide bonds. The van der Waals surface area contributed by atoms with Crippen LogP contribution in [0.5, 0.6) is 0 Å². The van der Waals surface area contributed by atoms with Crippen molar-refractivity contribution in [2.45, 2.75) is 28.0 Å². The summed E-state index contributed by atoms with van der Waals surface area (Å²) in [4.78, 5) is 30.7. The second-order valence-electron chi connectivity index (χ2n) is 12.1. The topological polar surface area (TPSA) is 125 Å². The van der Waals surface area contributed by atoms with Gasteiger partial charge in [0, 0.05) is 73.0 Å². The van der Waals surface area contributed by atoms with Crippen LogP contribution in [0.2, 0.25) is 10.0 Å². The highest BCUT2D eigenvalue weighted by molar-refractivity contribution is 8.15. The molecule has 2 aliphatic rings. The summed E-state index contributed by atoms with van der Waals surface area (Å²) in [5.41, 5.74) is 3.32. The van der Waals surface area contributed by atoms with E-state index >= 15 is 4.39 Å². The van der Waals surface area contributed by atoms with E-state index in [1.807, 2.05) is 4.90 Å². The molecule has 1 atom stereocenters. The fourth-order valence-corrected chi connectivity index (χ4v) is 10.3. The molecule has 7 rings (SSSR count). The molecule has 3 aromatic heterocycles. The second kappa shape index (κ2) is 14.3. The monoisotopic (exact) mass is 774 g/mol. The molecule has 0 bridgehead atoms. The number of anilines is 3. The lowest BCUT2D eigenvalue weighted by atomic mass is 10.0. The van der Waals surface area contributed by atoms with Gasteiger partial charge in [-0.3, -0.25) is 14.3 Å². The standard InChI is InChI=1S/C33H33Cl2FN8O3S3/c1-49(29-18-38-19-48-29)23-15-25(34)30(26(35)16-23)24-13-20-17-39-33(40-21-3-4-28(27(36)14-21)42-11-7-37-8-12-42)41-31(20)44(32(24)45)22-5-9-43(10-6-22)50(2,46)47/h3-4,13-19,22,37H,1,5-12H2,2H3,(H,39,40,41). The number of benzene rings is 2. The van der Waals surface area contributed by atoms with Gasteiger partial charge in [0.1, 0.15) is 11.5 Å². The van der Waals surface area contributed by atoms with E-state index in [1.165, 1.54) is 28.0 Å². The zero-order chi connectivity index (χ0) is 35.2. The Hall–Kier alpha value is -3.44. The van der Waals surface area contributed by atoms with Gasteiger partial charge in [0.2, 0.25) is 16.0 Å². The Kier molecular flexibility index (Phi) is 10.00. The van der Waals surface area contributed by atoms with Crippen molar-refractivity contribution in [3.8, 4) is 11.1 Å². The quantitative estimate of drug-likeness (QED) is 0.177. The Morgan fingerprint density at radius 2 is 1.78 bits per heavy atom. The highest BCUT2D eigenvalue weighted by atomic mass is 35.5. The normalized spacial score (nSPS) is 16.9. The lowest BCUT2D eigenvalue weighted by Crippen LogP contribution is -2.43. The number of sulfonamides is 1. The third-order valence-corrected chi connectivity index (χ3v) is 13.7. The molecule has 0 spiro atoms. The Morgan fingerprint density at radius 3 is 2.42 bits per heavy atom. The zero-order valence-electron chi connectivity index (χ0n) is 26.9. The summed E-state index contributed by atoms with van der Waals surface area (Å²) < 4.78 is 43.8.